The highest BCUT2D eigenvalue weighted by atomic mass is 16.1. The normalized spacial score (nSPS) is 10.2. The zero-order valence-electron chi connectivity index (χ0n) is 13.3. The van der Waals surface area contributed by atoms with Crippen LogP contribution in [0.2, 0.25) is 0 Å². The van der Waals surface area contributed by atoms with E-state index in [2.05, 4.69) is 20.5 Å². The molecular formula is C18H17N5O. The Balaban J connectivity index is 1.64. The molecule has 0 saturated heterocycles. The highest BCUT2D eigenvalue weighted by Crippen LogP contribution is 2.20. The van der Waals surface area contributed by atoms with Crippen LogP contribution >= 0.6 is 0 Å². The lowest BCUT2D eigenvalue weighted by atomic mass is 10.2. The first-order valence-electron chi connectivity index (χ1n) is 7.53. The van der Waals surface area contributed by atoms with Gasteiger partial charge in [0.15, 0.2) is 11.5 Å². The Hall–Kier alpha value is -3.28. The molecule has 0 radical (unpaired) electrons. The zero-order chi connectivity index (χ0) is 16.8. The molecule has 1 amide bonds. The quantitative estimate of drug-likeness (QED) is 0.782. The van der Waals surface area contributed by atoms with Gasteiger partial charge in [-0.2, -0.15) is 0 Å². The summed E-state index contributed by atoms with van der Waals surface area (Å²) < 4.78 is 0. The molecule has 0 aliphatic heterocycles. The molecule has 0 aliphatic carbocycles. The van der Waals surface area contributed by atoms with Crippen molar-refractivity contribution in [3.63, 3.8) is 0 Å². The van der Waals surface area contributed by atoms with Crippen LogP contribution in [-0.4, -0.2) is 28.1 Å². The van der Waals surface area contributed by atoms with Crippen LogP contribution < -0.4 is 10.2 Å². The van der Waals surface area contributed by atoms with Gasteiger partial charge in [0.1, 0.15) is 0 Å². The number of benzene rings is 1. The predicted octanol–water partition coefficient (Wildman–Crippen LogP) is 2.57. The predicted molar refractivity (Wildman–Crippen MR) is 91.9 cm³/mol. The topological polar surface area (TPSA) is 71.0 Å². The fourth-order valence-electron chi connectivity index (χ4n) is 2.18. The van der Waals surface area contributed by atoms with Crippen LogP contribution in [0, 0.1) is 0 Å². The maximum atomic E-state index is 12.1. The SMILES string of the molecule is CN(c1ccccc1)c1ccc(C(=O)NCc2ccncc2)nn1. The van der Waals surface area contributed by atoms with Crippen molar-refractivity contribution in [1.29, 1.82) is 0 Å². The molecule has 0 aliphatic rings. The van der Waals surface area contributed by atoms with Gasteiger partial charge >= 0.3 is 0 Å². The second kappa shape index (κ2) is 7.32. The maximum Gasteiger partial charge on any atom is 0.272 e. The number of carbonyl (C=O) groups is 1. The number of carbonyl (C=O) groups excluding carboxylic acids is 1. The van der Waals surface area contributed by atoms with Crippen LogP contribution in [0.15, 0.2) is 67.0 Å². The van der Waals surface area contributed by atoms with Crippen LogP contribution in [-0.2, 0) is 6.54 Å². The van der Waals surface area contributed by atoms with E-state index in [4.69, 9.17) is 0 Å². The van der Waals surface area contributed by atoms with Gasteiger partial charge in [-0.25, -0.2) is 0 Å². The third-order valence-electron chi connectivity index (χ3n) is 3.57. The second-order valence-corrected chi connectivity index (χ2v) is 5.21. The first-order valence-corrected chi connectivity index (χ1v) is 7.53. The summed E-state index contributed by atoms with van der Waals surface area (Å²) in [6.07, 6.45) is 3.38. The number of nitrogens with zero attached hydrogens (tertiary/aromatic N) is 4. The summed E-state index contributed by atoms with van der Waals surface area (Å²) in [7, 11) is 1.91. The number of hydrogen-bond donors (Lipinski definition) is 1. The zero-order valence-corrected chi connectivity index (χ0v) is 13.3. The summed E-state index contributed by atoms with van der Waals surface area (Å²) in [5, 5.41) is 11.0. The molecule has 0 spiro atoms. The van der Waals surface area contributed by atoms with E-state index >= 15 is 0 Å². The summed E-state index contributed by atoms with van der Waals surface area (Å²) in [6.45, 7) is 0.425. The Bertz CT molecular complexity index is 791. The van der Waals surface area contributed by atoms with Crippen LogP contribution in [0.3, 0.4) is 0 Å². The summed E-state index contributed by atoms with van der Waals surface area (Å²) in [5.74, 6) is 0.417. The van der Waals surface area contributed by atoms with Gasteiger partial charge in [-0.3, -0.25) is 9.78 Å². The number of aromatic nitrogens is 3. The number of para-hydroxylation sites is 1. The van der Waals surface area contributed by atoms with Gasteiger partial charge in [0.05, 0.1) is 0 Å². The van der Waals surface area contributed by atoms with Crippen molar-refractivity contribution in [1.82, 2.24) is 20.5 Å². The average molecular weight is 319 g/mol. The highest BCUT2D eigenvalue weighted by Gasteiger charge is 2.10. The van der Waals surface area contributed by atoms with E-state index in [0.29, 0.717) is 12.4 Å². The van der Waals surface area contributed by atoms with Gasteiger partial charge in [-0.1, -0.05) is 18.2 Å². The molecule has 120 valence electrons. The number of anilines is 2. The molecule has 6 nitrogen and oxygen atoms in total. The van der Waals surface area contributed by atoms with E-state index in [1.54, 1.807) is 24.5 Å². The van der Waals surface area contributed by atoms with Gasteiger partial charge in [-0.15, -0.1) is 10.2 Å². The monoisotopic (exact) mass is 319 g/mol. The lowest BCUT2D eigenvalue weighted by molar-refractivity contribution is 0.0945. The molecule has 0 atom stereocenters. The minimum atomic E-state index is -0.256. The van der Waals surface area contributed by atoms with E-state index in [1.165, 1.54) is 0 Å². The van der Waals surface area contributed by atoms with Crippen LogP contribution in [0.4, 0.5) is 11.5 Å². The molecule has 1 aromatic carbocycles. The van der Waals surface area contributed by atoms with E-state index in [9.17, 15) is 4.79 Å². The van der Waals surface area contributed by atoms with E-state index in [0.717, 1.165) is 11.3 Å². The van der Waals surface area contributed by atoms with E-state index < -0.39 is 0 Å². The Morgan fingerprint density at radius 2 is 1.75 bits per heavy atom. The van der Waals surface area contributed by atoms with Crippen molar-refractivity contribution in [3.05, 3.63) is 78.2 Å². The summed E-state index contributed by atoms with van der Waals surface area (Å²) in [5.41, 5.74) is 2.27. The van der Waals surface area contributed by atoms with Gasteiger partial charge < -0.3 is 10.2 Å². The standard InChI is InChI=1S/C18H17N5O/c1-23(15-5-3-2-4-6-15)17-8-7-16(21-22-17)18(24)20-13-14-9-11-19-12-10-14/h2-12H,13H2,1H3,(H,20,24). The van der Waals surface area contributed by atoms with E-state index in [-0.39, 0.29) is 11.6 Å². The minimum absolute atomic E-state index is 0.256. The molecule has 3 aromatic rings. The summed E-state index contributed by atoms with van der Waals surface area (Å²) in [6, 6.07) is 17.0. The molecule has 24 heavy (non-hydrogen) atoms. The Kier molecular flexibility index (Phi) is 4.76. The van der Waals surface area contributed by atoms with Crippen LogP contribution in [0.1, 0.15) is 16.1 Å². The van der Waals surface area contributed by atoms with Crippen molar-refractivity contribution in [2.75, 3.05) is 11.9 Å². The van der Waals surface area contributed by atoms with Crippen molar-refractivity contribution >= 4 is 17.4 Å². The molecule has 2 aromatic heterocycles. The smallest absolute Gasteiger partial charge is 0.272 e. The van der Waals surface area contributed by atoms with Gasteiger partial charge in [0.25, 0.3) is 5.91 Å². The molecule has 6 heteroatoms. The lowest BCUT2D eigenvalue weighted by Crippen LogP contribution is -2.24. The van der Waals surface area contributed by atoms with Gasteiger partial charge in [0, 0.05) is 31.7 Å². The third-order valence-corrected chi connectivity index (χ3v) is 3.57. The largest absolute Gasteiger partial charge is 0.347 e. The molecule has 0 bridgehead atoms. The first kappa shape index (κ1) is 15.6. The van der Waals surface area contributed by atoms with Crippen molar-refractivity contribution in [3.8, 4) is 0 Å². The Labute approximate surface area is 140 Å². The number of rotatable bonds is 5. The average Bonchev–Trinajstić information content (AvgIpc) is 2.67. The number of amides is 1. The maximum absolute atomic E-state index is 12.1. The van der Waals surface area contributed by atoms with Crippen molar-refractivity contribution in [2.45, 2.75) is 6.54 Å². The molecular weight excluding hydrogens is 302 g/mol. The number of pyridine rings is 1. The Morgan fingerprint density at radius 3 is 2.42 bits per heavy atom. The lowest BCUT2D eigenvalue weighted by Gasteiger charge is -2.17. The fraction of sp³-hybridized carbons (Fsp3) is 0.111. The summed E-state index contributed by atoms with van der Waals surface area (Å²) in [4.78, 5) is 18.0. The van der Waals surface area contributed by atoms with Gasteiger partial charge in [0.2, 0.25) is 0 Å². The van der Waals surface area contributed by atoms with Crippen molar-refractivity contribution < 1.29 is 4.79 Å². The number of nitrogens with one attached hydrogen (secondary N) is 1. The first-order chi connectivity index (χ1) is 11.7. The van der Waals surface area contributed by atoms with E-state index in [1.807, 2.05) is 54.4 Å². The Morgan fingerprint density at radius 1 is 1.00 bits per heavy atom. The molecule has 3 rings (SSSR count). The van der Waals surface area contributed by atoms with Crippen molar-refractivity contribution in [2.24, 2.45) is 0 Å². The molecule has 0 saturated carbocycles. The molecule has 1 N–H and O–H groups in total. The second-order valence-electron chi connectivity index (χ2n) is 5.21. The van der Waals surface area contributed by atoms with Crippen LogP contribution in [0.25, 0.3) is 0 Å². The third kappa shape index (κ3) is 3.73. The fourth-order valence-corrected chi connectivity index (χ4v) is 2.18. The minimum Gasteiger partial charge on any atom is -0.347 e. The highest BCUT2D eigenvalue weighted by molar-refractivity contribution is 5.92. The summed E-state index contributed by atoms with van der Waals surface area (Å²) >= 11 is 0. The van der Waals surface area contributed by atoms with Gasteiger partial charge in [-0.05, 0) is 42.0 Å². The molecule has 2 heterocycles. The number of hydrogen-bond acceptors (Lipinski definition) is 5. The molecule has 0 fully saturated rings. The molecule has 0 unspecified atom stereocenters. The van der Waals surface area contributed by atoms with Crippen LogP contribution in [0.5, 0.6) is 0 Å².